The van der Waals surface area contributed by atoms with Crippen LogP contribution in [0.3, 0.4) is 0 Å². The number of allylic oxidation sites excluding steroid dienone is 1. The van der Waals surface area contributed by atoms with Gasteiger partial charge < -0.3 is 14.9 Å². The van der Waals surface area contributed by atoms with Crippen molar-refractivity contribution < 1.29 is 19.7 Å². The Kier molecular flexibility index (Phi) is 2.88. The molecule has 1 aliphatic heterocycles. The summed E-state index contributed by atoms with van der Waals surface area (Å²) in [6, 6.07) is 9.38. The van der Waals surface area contributed by atoms with Gasteiger partial charge in [-0.05, 0) is 17.7 Å². The van der Waals surface area contributed by atoms with Crippen LogP contribution in [0.25, 0.3) is 6.08 Å². The first-order chi connectivity index (χ1) is 9.56. The lowest BCUT2D eigenvalue weighted by Gasteiger charge is -2.00. The Balaban J connectivity index is 2.07. The highest BCUT2D eigenvalue weighted by molar-refractivity contribution is 6.32. The zero-order chi connectivity index (χ0) is 14.3. The van der Waals surface area contributed by atoms with Gasteiger partial charge in [-0.15, -0.1) is 0 Å². The minimum Gasteiger partial charge on any atom is -0.508 e. The van der Waals surface area contributed by atoms with E-state index >= 15 is 0 Å². The third kappa shape index (κ3) is 2.00. The van der Waals surface area contributed by atoms with Gasteiger partial charge >= 0.3 is 0 Å². The molecule has 0 amide bonds. The number of fused-ring (bicyclic) bond motifs is 1. The molecule has 0 aromatic heterocycles. The van der Waals surface area contributed by atoms with Crippen LogP contribution in [0.1, 0.15) is 15.9 Å². The number of hydrogen-bond acceptors (Lipinski definition) is 4. The highest BCUT2D eigenvalue weighted by Gasteiger charge is 2.31. The van der Waals surface area contributed by atoms with Crippen molar-refractivity contribution in [3.63, 3.8) is 0 Å². The van der Waals surface area contributed by atoms with Gasteiger partial charge in [-0.25, -0.2) is 0 Å². The smallest absolute Gasteiger partial charge is 0.235 e. The monoisotopic (exact) mass is 288 g/mol. The van der Waals surface area contributed by atoms with E-state index in [4.69, 9.17) is 16.3 Å². The molecule has 20 heavy (non-hydrogen) atoms. The number of Topliss-reactive ketones (excluding diaryl/α,β-unsaturated/α-hetero) is 1. The minimum atomic E-state index is -0.447. The van der Waals surface area contributed by atoms with Crippen molar-refractivity contribution >= 4 is 23.5 Å². The number of hydrogen-bond donors (Lipinski definition) is 2. The highest BCUT2D eigenvalue weighted by atomic mass is 35.5. The zero-order valence-corrected chi connectivity index (χ0v) is 10.9. The average Bonchev–Trinajstić information content (AvgIpc) is 2.69. The fourth-order valence-corrected chi connectivity index (χ4v) is 2.20. The number of halogens is 1. The Morgan fingerprint density at radius 2 is 1.90 bits per heavy atom. The van der Waals surface area contributed by atoms with Crippen molar-refractivity contribution in [1.29, 1.82) is 0 Å². The number of ether oxygens (including phenoxy) is 1. The van der Waals surface area contributed by atoms with Gasteiger partial charge in [0.25, 0.3) is 0 Å². The van der Waals surface area contributed by atoms with Gasteiger partial charge in [0, 0.05) is 17.2 Å². The molecular weight excluding hydrogens is 280 g/mol. The third-order valence-corrected chi connectivity index (χ3v) is 3.27. The number of phenols is 2. The van der Waals surface area contributed by atoms with Gasteiger partial charge in [0.2, 0.25) is 5.78 Å². The molecule has 2 aromatic rings. The van der Waals surface area contributed by atoms with Crippen LogP contribution in [0.2, 0.25) is 5.02 Å². The van der Waals surface area contributed by atoms with E-state index < -0.39 is 5.78 Å². The molecule has 0 fully saturated rings. The lowest BCUT2D eigenvalue weighted by molar-refractivity contribution is 0.101. The first-order valence-electron chi connectivity index (χ1n) is 5.81. The number of benzene rings is 2. The number of carbonyl (C=O) groups is 1. The summed E-state index contributed by atoms with van der Waals surface area (Å²) < 4.78 is 5.37. The normalized spacial score (nSPS) is 15.2. The van der Waals surface area contributed by atoms with Crippen LogP contribution in [-0.4, -0.2) is 16.0 Å². The molecule has 0 saturated heterocycles. The standard InChI is InChI=1S/C15H9ClO4/c16-10-4-2-1-3-8(10)5-13-15(19)14-11(18)6-9(17)7-12(14)20-13/h1-7,17-18H/b13-5-. The van der Waals surface area contributed by atoms with E-state index in [2.05, 4.69) is 0 Å². The van der Waals surface area contributed by atoms with Gasteiger partial charge in [0.05, 0.1) is 0 Å². The van der Waals surface area contributed by atoms with Crippen LogP contribution >= 0.6 is 11.6 Å². The Labute approximate surface area is 119 Å². The summed E-state index contributed by atoms with van der Waals surface area (Å²) >= 11 is 6.02. The molecule has 100 valence electrons. The molecule has 0 unspecified atom stereocenters. The number of aromatic hydroxyl groups is 2. The van der Waals surface area contributed by atoms with Crippen molar-refractivity contribution in [3.05, 3.63) is 58.3 Å². The second-order valence-corrected chi connectivity index (χ2v) is 4.71. The highest BCUT2D eigenvalue weighted by Crippen LogP contribution is 2.40. The number of ketones is 1. The maximum absolute atomic E-state index is 12.2. The SMILES string of the molecule is O=C1/C(=C/c2ccccc2Cl)Oc2cc(O)cc(O)c21. The molecule has 0 saturated carbocycles. The summed E-state index contributed by atoms with van der Waals surface area (Å²) in [6.07, 6.45) is 1.50. The van der Waals surface area contributed by atoms with Gasteiger partial charge in [-0.2, -0.15) is 0 Å². The molecule has 0 aliphatic carbocycles. The van der Waals surface area contributed by atoms with E-state index in [1.165, 1.54) is 12.1 Å². The van der Waals surface area contributed by atoms with Gasteiger partial charge in [0.15, 0.2) is 5.76 Å². The van der Waals surface area contributed by atoms with Crippen LogP contribution in [0.5, 0.6) is 17.2 Å². The fourth-order valence-electron chi connectivity index (χ4n) is 2.01. The van der Waals surface area contributed by atoms with Crippen molar-refractivity contribution in [2.24, 2.45) is 0 Å². The zero-order valence-electron chi connectivity index (χ0n) is 10.1. The lowest BCUT2D eigenvalue weighted by Crippen LogP contribution is -1.98. The molecule has 3 rings (SSSR count). The van der Waals surface area contributed by atoms with Crippen LogP contribution < -0.4 is 4.74 Å². The van der Waals surface area contributed by atoms with Crippen molar-refractivity contribution in [3.8, 4) is 17.2 Å². The van der Waals surface area contributed by atoms with Crippen molar-refractivity contribution in [2.45, 2.75) is 0 Å². The number of rotatable bonds is 1. The lowest BCUT2D eigenvalue weighted by atomic mass is 10.1. The molecule has 4 nitrogen and oxygen atoms in total. The summed E-state index contributed by atoms with van der Waals surface area (Å²) in [4.78, 5) is 12.2. The van der Waals surface area contributed by atoms with Gasteiger partial charge in [-0.3, -0.25) is 4.79 Å². The molecule has 0 bridgehead atoms. The van der Waals surface area contributed by atoms with Gasteiger partial charge in [0.1, 0.15) is 22.8 Å². The summed E-state index contributed by atoms with van der Waals surface area (Å²) in [6.45, 7) is 0. The molecule has 2 N–H and O–H groups in total. The Bertz CT molecular complexity index is 750. The van der Waals surface area contributed by atoms with E-state index in [9.17, 15) is 15.0 Å². The Morgan fingerprint density at radius 1 is 1.15 bits per heavy atom. The molecule has 1 heterocycles. The summed E-state index contributed by atoms with van der Waals surface area (Å²) in [7, 11) is 0. The third-order valence-electron chi connectivity index (χ3n) is 2.93. The van der Waals surface area contributed by atoms with Crippen LogP contribution in [-0.2, 0) is 0 Å². The molecule has 0 atom stereocenters. The fraction of sp³-hybridized carbons (Fsp3) is 0. The first-order valence-corrected chi connectivity index (χ1v) is 6.19. The summed E-state index contributed by atoms with van der Waals surface area (Å²) in [5, 5.41) is 19.6. The summed E-state index contributed by atoms with van der Waals surface area (Å²) in [5.41, 5.74) is 0.676. The van der Waals surface area contributed by atoms with Crippen molar-refractivity contribution in [2.75, 3.05) is 0 Å². The molecule has 0 spiro atoms. The van der Waals surface area contributed by atoms with E-state index in [0.717, 1.165) is 6.07 Å². The summed E-state index contributed by atoms with van der Waals surface area (Å²) in [5.74, 6) is -0.752. The van der Waals surface area contributed by atoms with Crippen molar-refractivity contribution in [1.82, 2.24) is 0 Å². The van der Waals surface area contributed by atoms with E-state index in [1.807, 2.05) is 0 Å². The predicted octanol–water partition coefficient (Wildman–Crippen LogP) is 3.37. The molecule has 5 heteroatoms. The maximum atomic E-state index is 12.2. The molecule has 0 radical (unpaired) electrons. The molecule has 2 aromatic carbocycles. The van der Waals surface area contributed by atoms with Crippen LogP contribution in [0.4, 0.5) is 0 Å². The van der Waals surface area contributed by atoms with E-state index in [0.29, 0.717) is 10.6 Å². The Morgan fingerprint density at radius 3 is 2.65 bits per heavy atom. The second kappa shape index (κ2) is 4.58. The average molecular weight is 289 g/mol. The molecule has 1 aliphatic rings. The van der Waals surface area contributed by atoms with E-state index in [1.54, 1.807) is 24.3 Å². The second-order valence-electron chi connectivity index (χ2n) is 4.30. The Hall–Kier alpha value is -2.46. The number of carbonyl (C=O) groups excluding carboxylic acids is 1. The molecular formula is C15H9ClO4. The van der Waals surface area contributed by atoms with Gasteiger partial charge in [-0.1, -0.05) is 29.8 Å². The maximum Gasteiger partial charge on any atom is 0.235 e. The first kappa shape index (κ1) is 12.6. The van der Waals surface area contributed by atoms with Crippen LogP contribution in [0.15, 0.2) is 42.2 Å². The minimum absolute atomic E-state index is 0.0427. The topological polar surface area (TPSA) is 66.8 Å². The number of phenolic OH excluding ortho intramolecular Hbond substituents is 2. The van der Waals surface area contributed by atoms with Crippen LogP contribution in [0, 0.1) is 0 Å². The largest absolute Gasteiger partial charge is 0.508 e. The predicted molar refractivity (Wildman–Crippen MR) is 74.2 cm³/mol. The van der Waals surface area contributed by atoms with E-state index in [-0.39, 0.29) is 28.6 Å². The quantitative estimate of drug-likeness (QED) is 0.790.